The van der Waals surface area contributed by atoms with Crippen LogP contribution in [0.5, 0.6) is 11.5 Å². The standard InChI is InChI=1S/C24H23ClN2O5S/c1-31-22-12-11-20(15-23(22)32-2)33(29,30)27(19-9-7-18(25)8-10-19)16-24(28)26-14-13-17-5-3-4-6-21(17)26/h3-12,15H,13-14,16H2,1-2H3. The van der Waals surface area contributed by atoms with Crippen molar-refractivity contribution in [1.82, 2.24) is 0 Å². The number of hydrogen-bond acceptors (Lipinski definition) is 5. The predicted molar refractivity (Wildman–Crippen MR) is 128 cm³/mol. The third kappa shape index (κ3) is 4.49. The largest absolute Gasteiger partial charge is 0.493 e. The van der Waals surface area contributed by atoms with Crippen LogP contribution >= 0.6 is 11.6 Å². The Kier molecular flexibility index (Phi) is 6.49. The highest BCUT2D eigenvalue weighted by molar-refractivity contribution is 7.92. The van der Waals surface area contributed by atoms with E-state index in [1.807, 2.05) is 24.3 Å². The Labute approximate surface area is 198 Å². The Morgan fingerprint density at radius 1 is 1.00 bits per heavy atom. The van der Waals surface area contributed by atoms with Crippen molar-refractivity contribution in [3.05, 3.63) is 77.3 Å². The fourth-order valence-corrected chi connectivity index (χ4v) is 5.39. The molecule has 0 aliphatic carbocycles. The van der Waals surface area contributed by atoms with Crippen molar-refractivity contribution in [1.29, 1.82) is 0 Å². The number of halogens is 1. The van der Waals surface area contributed by atoms with Crippen LogP contribution in [0.3, 0.4) is 0 Å². The van der Waals surface area contributed by atoms with Crippen LogP contribution in [-0.2, 0) is 21.2 Å². The topological polar surface area (TPSA) is 76.2 Å². The molecule has 0 radical (unpaired) electrons. The van der Waals surface area contributed by atoms with Crippen molar-refractivity contribution < 1.29 is 22.7 Å². The number of carbonyl (C=O) groups is 1. The summed E-state index contributed by atoms with van der Waals surface area (Å²) >= 11 is 6.01. The van der Waals surface area contributed by atoms with E-state index in [9.17, 15) is 13.2 Å². The van der Waals surface area contributed by atoms with Gasteiger partial charge >= 0.3 is 0 Å². The van der Waals surface area contributed by atoms with E-state index in [2.05, 4.69) is 0 Å². The second kappa shape index (κ2) is 9.33. The molecule has 1 aliphatic rings. The van der Waals surface area contributed by atoms with Crippen molar-refractivity contribution >= 4 is 38.9 Å². The average Bonchev–Trinajstić information content (AvgIpc) is 3.27. The molecule has 172 valence electrons. The van der Waals surface area contributed by atoms with Crippen molar-refractivity contribution in [3.63, 3.8) is 0 Å². The van der Waals surface area contributed by atoms with Crippen LogP contribution in [0, 0.1) is 0 Å². The van der Waals surface area contributed by atoms with Gasteiger partial charge in [-0.1, -0.05) is 29.8 Å². The molecule has 9 heteroatoms. The van der Waals surface area contributed by atoms with Crippen LogP contribution in [-0.4, -0.2) is 41.6 Å². The molecule has 1 aliphatic heterocycles. The maximum Gasteiger partial charge on any atom is 0.264 e. The average molecular weight is 487 g/mol. The molecule has 0 aromatic heterocycles. The van der Waals surface area contributed by atoms with E-state index in [4.69, 9.17) is 21.1 Å². The number of anilines is 2. The first-order chi connectivity index (χ1) is 15.8. The van der Waals surface area contributed by atoms with Crippen LogP contribution in [0.25, 0.3) is 0 Å². The van der Waals surface area contributed by atoms with Gasteiger partial charge in [-0.15, -0.1) is 0 Å². The second-order valence-electron chi connectivity index (χ2n) is 7.43. The molecule has 7 nitrogen and oxygen atoms in total. The normalized spacial score (nSPS) is 12.9. The fourth-order valence-electron chi connectivity index (χ4n) is 3.83. The minimum Gasteiger partial charge on any atom is -0.493 e. The van der Waals surface area contributed by atoms with Crippen molar-refractivity contribution in [2.45, 2.75) is 11.3 Å². The summed E-state index contributed by atoms with van der Waals surface area (Å²) in [5.41, 5.74) is 2.20. The van der Waals surface area contributed by atoms with Gasteiger partial charge in [0.2, 0.25) is 5.91 Å². The van der Waals surface area contributed by atoms with Crippen LogP contribution in [0.4, 0.5) is 11.4 Å². The van der Waals surface area contributed by atoms with E-state index in [1.165, 1.54) is 32.4 Å². The summed E-state index contributed by atoms with van der Waals surface area (Å²) in [5, 5.41) is 0.460. The van der Waals surface area contributed by atoms with E-state index >= 15 is 0 Å². The van der Waals surface area contributed by atoms with E-state index in [-0.39, 0.29) is 23.1 Å². The lowest BCUT2D eigenvalue weighted by molar-refractivity contribution is -0.117. The summed E-state index contributed by atoms with van der Waals surface area (Å²) in [4.78, 5) is 14.9. The molecule has 0 saturated heterocycles. The lowest BCUT2D eigenvalue weighted by atomic mass is 10.2. The maximum absolute atomic E-state index is 13.7. The monoisotopic (exact) mass is 486 g/mol. The first-order valence-corrected chi connectivity index (χ1v) is 12.1. The fraction of sp³-hybridized carbons (Fsp3) is 0.208. The van der Waals surface area contributed by atoms with Crippen molar-refractivity contribution in [3.8, 4) is 11.5 Å². The van der Waals surface area contributed by atoms with Gasteiger partial charge in [-0.3, -0.25) is 9.10 Å². The molecule has 0 unspecified atom stereocenters. The molecule has 33 heavy (non-hydrogen) atoms. The second-order valence-corrected chi connectivity index (χ2v) is 9.73. The quantitative estimate of drug-likeness (QED) is 0.501. The number of nitrogens with zero attached hydrogens (tertiary/aromatic N) is 2. The number of amides is 1. The molecule has 3 aromatic carbocycles. The lowest BCUT2D eigenvalue weighted by Gasteiger charge is -2.27. The van der Waals surface area contributed by atoms with Crippen molar-refractivity contribution in [2.75, 3.05) is 36.5 Å². The maximum atomic E-state index is 13.7. The van der Waals surface area contributed by atoms with E-state index in [0.29, 0.717) is 23.0 Å². The lowest BCUT2D eigenvalue weighted by Crippen LogP contribution is -2.42. The molecule has 0 spiro atoms. The smallest absolute Gasteiger partial charge is 0.264 e. The summed E-state index contributed by atoms with van der Waals surface area (Å²) in [5.74, 6) is 0.354. The van der Waals surface area contributed by atoms with E-state index in [0.717, 1.165) is 22.0 Å². The molecular formula is C24H23ClN2O5S. The highest BCUT2D eigenvalue weighted by Gasteiger charge is 2.32. The van der Waals surface area contributed by atoms with Crippen LogP contribution < -0.4 is 18.7 Å². The summed E-state index contributed by atoms with van der Waals surface area (Å²) in [6, 6.07) is 18.3. The molecule has 3 aromatic rings. The Bertz CT molecular complexity index is 1280. The van der Waals surface area contributed by atoms with Gasteiger partial charge in [-0.05, 0) is 54.4 Å². The van der Waals surface area contributed by atoms with Gasteiger partial charge in [0.05, 0.1) is 24.8 Å². The number of para-hydroxylation sites is 1. The molecule has 0 atom stereocenters. The molecule has 1 amide bonds. The molecule has 0 bridgehead atoms. The molecular weight excluding hydrogens is 464 g/mol. The highest BCUT2D eigenvalue weighted by atomic mass is 35.5. The SMILES string of the molecule is COc1ccc(S(=O)(=O)N(CC(=O)N2CCc3ccccc32)c2ccc(Cl)cc2)cc1OC. The van der Waals surface area contributed by atoms with Crippen LogP contribution in [0.1, 0.15) is 5.56 Å². The molecule has 0 saturated carbocycles. The number of benzene rings is 3. The number of ether oxygens (including phenoxy) is 2. The van der Waals surface area contributed by atoms with Gasteiger partial charge in [0.25, 0.3) is 10.0 Å². The first kappa shape index (κ1) is 22.9. The summed E-state index contributed by atoms with van der Waals surface area (Å²) in [6.07, 6.45) is 0.727. The summed E-state index contributed by atoms with van der Waals surface area (Å²) in [6.45, 7) is 0.135. The summed E-state index contributed by atoms with van der Waals surface area (Å²) in [7, 11) is -1.22. The molecule has 1 heterocycles. The number of sulfonamides is 1. The van der Waals surface area contributed by atoms with Gasteiger partial charge in [0, 0.05) is 23.3 Å². The predicted octanol–water partition coefficient (Wildman–Crippen LogP) is 4.14. The van der Waals surface area contributed by atoms with Gasteiger partial charge in [-0.2, -0.15) is 0 Å². The van der Waals surface area contributed by atoms with Gasteiger partial charge in [-0.25, -0.2) is 8.42 Å². The number of carbonyl (C=O) groups excluding carboxylic acids is 1. The highest BCUT2D eigenvalue weighted by Crippen LogP contribution is 2.33. The van der Waals surface area contributed by atoms with E-state index in [1.54, 1.807) is 29.2 Å². The Morgan fingerprint density at radius 3 is 2.39 bits per heavy atom. The van der Waals surface area contributed by atoms with Crippen molar-refractivity contribution in [2.24, 2.45) is 0 Å². The first-order valence-electron chi connectivity index (χ1n) is 10.2. The number of rotatable bonds is 7. The number of hydrogen-bond donors (Lipinski definition) is 0. The van der Waals surface area contributed by atoms with Gasteiger partial charge in [0.15, 0.2) is 11.5 Å². The van der Waals surface area contributed by atoms with Gasteiger partial charge in [0.1, 0.15) is 6.54 Å². The van der Waals surface area contributed by atoms with Crippen LogP contribution in [0.15, 0.2) is 71.6 Å². The summed E-state index contributed by atoms with van der Waals surface area (Å²) < 4.78 is 39.0. The Balaban J connectivity index is 1.73. The Hall–Kier alpha value is -3.23. The minimum absolute atomic E-state index is 0.0234. The zero-order valence-corrected chi connectivity index (χ0v) is 19.8. The molecule has 4 rings (SSSR count). The minimum atomic E-state index is -4.12. The zero-order valence-electron chi connectivity index (χ0n) is 18.2. The molecule has 0 N–H and O–H groups in total. The number of methoxy groups -OCH3 is 2. The Morgan fingerprint density at radius 2 is 1.70 bits per heavy atom. The zero-order chi connectivity index (χ0) is 23.6. The molecule has 0 fully saturated rings. The van der Waals surface area contributed by atoms with Gasteiger partial charge < -0.3 is 14.4 Å². The third-order valence-electron chi connectivity index (χ3n) is 5.52. The van der Waals surface area contributed by atoms with E-state index < -0.39 is 10.0 Å². The number of fused-ring (bicyclic) bond motifs is 1. The van der Waals surface area contributed by atoms with Crippen LogP contribution in [0.2, 0.25) is 5.02 Å². The third-order valence-corrected chi connectivity index (χ3v) is 7.55.